The first kappa shape index (κ1) is 18.3. The first-order valence-corrected chi connectivity index (χ1v) is 7.97. The molecule has 8 heteroatoms. The number of hydrogen-bond donors (Lipinski definition) is 1. The third-order valence-electron chi connectivity index (χ3n) is 4.51. The summed E-state index contributed by atoms with van der Waals surface area (Å²) in [4.78, 5) is 16.8. The van der Waals surface area contributed by atoms with Gasteiger partial charge in [-0.25, -0.2) is 4.39 Å². The van der Waals surface area contributed by atoms with E-state index in [1.54, 1.807) is 6.07 Å². The minimum absolute atomic E-state index is 0.234. The Labute approximate surface area is 147 Å². The fourth-order valence-corrected chi connectivity index (χ4v) is 3.28. The van der Waals surface area contributed by atoms with Crippen LogP contribution in [0.4, 0.5) is 17.6 Å². The first-order chi connectivity index (χ1) is 12.2. The summed E-state index contributed by atoms with van der Waals surface area (Å²) in [6, 6.07) is 8.08. The molecule has 3 rings (SSSR count). The van der Waals surface area contributed by atoms with Gasteiger partial charge in [0.15, 0.2) is 0 Å². The number of rotatable bonds is 4. The Morgan fingerprint density at radius 3 is 2.58 bits per heavy atom. The molecule has 1 aliphatic heterocycles. The topological polar surface area (TPSA) is 53.4 Å². The van der Waals surface area contributed by atoms with Crippen LogP contribution in [0.2, 0.25) is 0 Å². The molecule has 1 saturated heterocycles. The number of carbonyl (C=O) groups is 1. The van der Waals surface area contributed by atoms with Crippen LogP contribution in [-0.2, 0) is 17.5 Å². The number of aliphatic carboxylic acids is 1. The normalized spacial score (nSPS) is 21.1. The van der Waals surface area contributed by atoms with Crippen LogP contribution in [0.25, 0.3) is 0 Å². The summed E-state index contributed by atoms with van der Waals surface area (Å²) in [7, 11) is 0. The summed E-state index contributed by atoms with van der Waals surface area (Å²) in [6.07, 6.45) is -3.35. The van der Waals surface area contributed by atoms with E-state index in [1.807, 2.05) is 4.90 Å². The van der Waals surface area contributed by atoms with E-state index in [4.69, 9.17) is 0 Å². The lowest BCUT2D eigenvalue weighted by molar-refractivity contribution is -0.142. The molecule has 2 aromatic rings. The monoisotopic (exact) mass is 368 g/mol. The molecule has 0 radical (unpaired) electrons. The van der Waals surface area contributed by atoms with Crippen LogP contribution in [0, 0.1) is 11.7 Å². The van der Waals surface area contributed by atoms with Crippen LogP contribution in [0.3, 0.4) is 0 Å². The van der Waals surface area contributed by atoms with Gasteiger partial charge in [0.25, 0.3) is 0 Å². The number of alkyl halides is 3. The maximum absolute atomic E-state index is 13.5. The maximum atomic E-state index is 13.5. The zero-order valence-electron chi connectivity index (χ0n) is 13.6. The van der Waals surface area contributed by atoms with Crippen molar-refractivity contribution in [1.82, 2.24) is 9.88 Å². The molecule has 1 aromatic carbocycles. The quantitative estimate of drug-likeness (QED) is 0.839. The summed E-state index contributed by atoms with van der Waals surface area (Å²) in [5.41, 5.74) is 0.191. The van der Waals surface area contributed by atoms with E-state index in [0.29, 0.717) is 17.7 Å². The number of aromatic nitrogens is 1. The minimum atomic E-state index is -4.50. The van der Waals surface area contributed by atoms with Crippen LogP contribution in [-0.4, -0.2) is 34.0 Å². The third kappa shape index (κ3) is 4.01. The average Bonchev–Trinajstić information content (AvgIpc) is 2.99. The highest BCUT2D eigenvalue weighted by atomic mass is 19.4. The number of hydrogen-bond acceptors (Lipinski definition) is 3. The second kappa shape index (κ2) is 7.03. The van der Waals surface area contributed by atoms with Crippen molar-refractivity contribution in [3.8, 4) is 0 Å². The molecule has 0 aliphatic carbocycles. The van der Waals surface area contributed by atoms with Gasteiger partial charge in [0.2, 0.25) is 0 Å². The molecular formula is C18H16F4N2O2. The lowest BCUT2D eigenvalue weighted by Gasteiger charge is -2.16. The first-order valence-electron chi connectivity index (χ1n) is 7.97. The van der Waals surface area contributed by atoms with Gasteiger partial charge in [0.1, 0.15) is 11.5 Å². The van der Waals surface area contributed by atoms with Crippen LogP contribution in [0.5, 0.6) is 0 Å². The molecule has 138 valence electrons. The summed E-state index contributed by atoms with van der Waals surface area (Å²) in [5, 5.41) is 9.47. The molecule has 1 N–H and O–H groups in total. The molecule has 1 aliphatic rings. The molecule has 0 saturated carbocycles. The van der Waals surface area contributed by atoms with E-state index in [-0.39, 0.29) is 19.0 Å². The van der Waals surface area contributed by atoms with Crippen molar-refractivity contribution in [3.05, 3.63) is 65.2 Å². The Morgan fingerprint density at radius 1 is 1.23 bits per heavy atom. The number of nitrogens with zero attached hydrogens (tertiary/aromatic N) is 2. The van der Waals surface area contributed by atoms with Crippen molar-refractivity contribution >= 4 is 5.97 Å². The maximum Gasteiger partial charge on any atom is 0.433 e. The second-order valence-electron chi connectivity index (χ2n) is 6.35. The molecule has 0 bridgehead atoms. The van der Waals surface area contributed by atoms with Crippen molar-refractivity contribution in [1.29, 1.82) is 0 Å². The highest BCUT2D eigenvalue weighted by Crippen LogP contribution is 2.34. The standard InChI is InChI=1S/C18H16F4N2O2/c19-13-3-1-2-12(6-13)14-9-24(10-15(14)17(25)26)8-11-4-5-16(23-7-11)18(20,21)22/h1-7,14-15H,8-10H2,(H,25,26)/t14-,15+/m0/s1. The lowest BCUT2D eigenvalue weighted by Crippen LogP contribution is -2.23. The van der Waals surface area contributed by atoms with Gasteiger partial charge in [-0.2, -0.15) is 13.2 Å². The molecule has 2 atom stereocenters. The fourth-order valence-electron chi connectivity index (χ4n) is 3.28. The largest absolute Gasteiger partial charge is 0.481 e. The Hall–Kier alpha value is -2.48. The lowest BCUT2D eigenvalue weighted by atomic mass is 9.89. The van der Waals surface area contributed by atoms with E-state index >= 15 is 0 Å². The number of halogens is 4. The van der Waals surface area contributed by atoms with Crippen molar-refractivity contribution in [2.45, 2.75) is 18.6 Å². The van der Waals surface area contributed by atoms with Crippen LogP contribution in [0.1, 0.15) is 22.7 Å². The molecule has 0 spiro atoms. The average molecular weight is 368 g/mol. The molecule has 0 unspecified atom stereocenters. The molecular weight excluding hydrogens is 352 g/mol. The molecule has 1 aromatic heterocycles. The number of likely N-dealkylation sites (tertiary alicyclic amines) is 1. The van der Waals surface area contributed by atoms with Crippen molar-refractivity contribution in [2.75, 3.05) is 13.1 Å². The number of carboxylic acids is 1. The molecule has 4 nitrogen and oxygen atoms in total. The van der Waals surface area contributed by atoms with Gasteiger partial charge in [-0.1, -0.05) is 18.2 Å². The summed E-state index contributed by atoms with van der Waals surface area (Å²) < 4.78 is 51.2. The number of carboxylic acid groups (broad SMARTS) is 1. The Kier molecular flexibility index (Phi) is 4.95. The molecule has 0 amide bonds. The number of benzene rings is 1. The highest BCUT2D eigenvalue weighted by Gasteiger charge is 2.38. The minimum Gasteiger partial charge on any atom is -0.481 e. The Bertz CT molecular complexity index is 793. The van der Waals surface area contributed by atoms with E-state index in [2.05, 4.69) is 4.98 Å². The third-order valence-corrected chi connectivity index (χ3v) is 4.51. The van der Waals surface area contributed by atoms with Gasteiger partial charge in [-0.05, 0) is 29.3 Å². The Balaban J connectivity index is 1.75. The second-order valence-corrected chi connectivity index (χ2v) is 6.35. The van der Waals surface area contributed by atoms with Crippen molar-refractivity contribution in [3.63, 3.8) is 0 Å². The summed E-state index contributed by atoms with van der Waals surface area (Å²) >= 11 is 0. The predicted octanol–water partition coefficient (Wildman–Crippen LogP) is 3.54. The SMILES string of the molecule is O=C(O)[C@@H]1CN(Cc2ccc(C(F)(F)F)nc2)C[C@H]1c1cccc(F)c1. The van der Waals surface area contributed by atoms with E-state index in [1.165, 1.54) is 24.3 Å². The number of pyridine rings is 1. The van der Waals surface area contributed by atoms with Crippen molar-refractivity contribution in [2.24, 2.45) is 5.92 Å². The zero-order chi connectivity index (χ0) is 18.9. The van der Waals surface area contributed by atoms with Crippen LogP contribution in [0.15, 0.2) is 42.6 Å². The van der Waals surface area contributed by atoms with Gasteiger partial charge in [0.05, 0.1) is 5.92 Å². The van der Waals surface area contributed by atoms with E-state index in [9.17, 15) is 27.5 Å². The van der Waals surface area contributed by atoms with Crippen LogP contribution >= 0.6 is 0 Å². The summed E-state index contributed by atoms with van der Waals surface area (Å²) in [6.45, 7) is 0.889. The highest BCUT2D eigenvalue weighted by molar-refractivity contribution is 5.72. The smallest absolute Gasteiger partial charge is 0.433 e. The van der Waals surface area contributed by atoms with Crippen molar-refractivity contribution < 1.29 is 27.5 Å². The van der Waals surface area contributed by atoms with E-state index in [0.717, 1.165) is 12.3 Å². The van der Waals surface area contributed by atoms with Gasteiger partial charge in [-0.3, -0.25) is 14.7 Å². The molecule has 1 fully saturated rings. The Morgan fingerprint density at radius 2 is 2.00 bits per heavy atom. The van der Waals surface area contributed by atoms with Gasteiger partial charge in [-0.15, -0.1) is 0 Å². The van der Waals surface area contributed by atoms with Gasteiger partial charge in [0, 0.05) is 31.7 Å². The summed E-state index contributed by atoms with van der Waals surface area (Å²) in [5.74, 6) is -2.51. The predicted molar refractivity (Wildman–Crippen MR) is 84.8 cm³/mol. The van der Waals surface area contributed by atoms with Gasteiger partial charge < -0.3 is 5.11 Å². The fraction of sp³-hybridized carbons (Fsp3) is 0.333. The molecule has 26 heavy (non-hydrogen) atoms. The van der Waals surface area contributed by atoms with E-state index < -0.39 is 29.6 Å². The van der Waals surface area contributed by atoms with Gasteiger partial charge >= 0.3 is 12.1 Å². The molecule has 2 heterocycles. The zero-order valence-corrected chi connectivity index (χ0v) is 13.6. The van der Waals surface area contributed by atoms with Crippen LogP contribution < -0.4 is 0 Å².